The number of hydrazone groups is 1. The van der Waals surface area contributed by atoms with Crippen molar-refractivity contribution in [3.05, 3.63) is 62.8 Å². The Morgan fingerprint density at radius 1 is 1.35 bits per heavy atom. The molecule has 4 rings (SSSR count). The summed E-state index contributed by atoms with van der Waals surface area (Å²) in [5.41, 5.74) is 6.45. The molecule has 1 aliphatic rings. The molecular formula is C24H25BrClN3O2. The molecule has 2 heterocycles. The lowest BCUT2D eigenvalue weighted by Crippen LogP contribution is -2.48. The molecule has 162 valence electrons. The number of nitrogens with one attached hydrogen (secondary N) is 1. The normalized spacial score (nSPS) is 17.9. The second-order valence-electron chi connectivity index (χ2n) is 8.59. The maximum Gasteiger partial charge on any atom is 0.307 e. The molecule has 1 atom stereocenters. The number of furan rings is 1. The van der Waals surface area contributed by atoms with Crippen molar-refractivity contribution in [2.45, 2.75) is 45.6 Å². The third kappa shape index (κ3) is 4.23. The molecule has 0 spiro atoms. The smallest absolute Gasteiger partial charge is 0.307 e. The van der Waals surface area contributed by atoms with Crippen molar-refractivity contribution >= 4 is 56.3 Å². The van der Waals surface area contributed by atoms with Crippen molar-refractivity contribution in [3.8, 4) is 0 Å². The molecule has 0 saturated heterocycles. The second-order valence-corrected chi connectivity index (χ2v) is 9.91. The maximum absolute atomic E-state index is 12.4. The molecule has 2 aromatic carbocycles. The average Bonchev–Trinajstić information content (AvgIpc) is 3.11. The largest absolute Gasteiger partial charge is 0.451 e. The van der Waals surface area contributed by atoms with E-state index in [0.29, 0.717) is 16.5 Å². The fourth-order valence-electron chi connectivity index (χ4n) is 4.56. The number of rotatable bonds is 4. The van der Waals surface area contributed by atoms with Gasteiger partial charge in [0.2, 0.25) is 0 Å². The highest BCUT2D eigenvalue weighted by Gasteiger charge is 2.35. The Balaban J connectivity index is 1.55. The van der Waals surface area contributed by atoms with Gasteiger partial charge in [0.05, 0.1) is 11.2 Å². The van der Waals surface area contributed by atoms with Crippen molar-refractivity contribution in [1.82, 2.24) is 5.43 Å². The summed E-state index contributed by atoms with van der Waals surface area (Å²) in [7, 11) is 0. The highest BCUT2D eigenvalue weighted by molar-refractivity contribution is 9.10. The quantitative estimate of drug-likeness (QED) is 0.318. The molecule has 1 aromatic heterocycles. The fourth-order valence-corrected chi connectivity index (χ4v) is 5.15. The Morgan fingerprint density at radius 2 is 2.13 bits per heavy atom. The van der Waals surface area contributed by atoms with Crippen molar-refractivity contribution in [2.24, 2.45) is 5.10 Å². The molecule has 1 aliphatic heterocycles. The van der Waals surface area contributed by atoms with Gasteiger partial charge in [0.15, 0.2) is 5.76 Å². The first-order valence-electron chi connectivity index (χ1n) is 10.3. The van der Waals surface area contributed by atoms with Gasteiger partial charge in [-0.1, -0.05) is 34.5 Å². The first-order chi connectivity index (χ1) is 14.7. The Kier molecular flexibility index (Phi) is 5.88. The highest BCUT2D eigenvalue weighted by atomic mass is 79.9. The lowest BCUT2D eigenvalue weighted by Gasteiger charge is -2.47. The third-order valence-corrected chi connectivity index (χ3v) is 6.71. The topological polar surface area (TPSA) is 57.8 Å². The zero-order valence-electron chi connectivity index (χ0n) is 18.0. The minimum absolute atomic E-state index is 0.0796. The second kappa shape index (κ2) is 8.32. The summed E-state index contributed by atoms with van der Waals surface area (Å²) in [5.74, 6) is 0.197. The van der Waals surface area contributed by atoms with Gasteiger partial charge >= 0.3 is 5.91 Å². The van der Waals surface area contributed by atoms with E-state index in [1.54, 1.807) is 12.3 Å². The highest BCUT2D eigenvalue weighted by Crippen LogP contribution is 2.44. The molecule has 7 heteroatoms. The Labute approximate surface area is 195 Å². The van der Waals surface area contributed by atoms with E-state index in [4.69, 9.17) is 16.0 Å². The van der Waals surface area contributed by atoms with Crippen LogP contribution in [-0.2, 0) is 0 Å². The predicted octanol–water partition coefficient (Wildman–Crippen LogP) is 6.72. The number of benzene rings is 2. The summed E-state index contributed by atoms with van der Waals surface area (Å²) in [4.78, 5) is 14.8. The van der Waals surface area contributed by atoms with Gasteiger partial charge in [0.1, 0.15) is 5.58 Å². The lowest BCUT2D eigenvalue weighted by atomic mass is 9.79. The summed E-state index contributed by atoms with van der Waals surface area (Å²) < 4.78 is 6.53. The van der Waals surface area contributed by atoms with Gasteiger partial charge in [0.25, 0.3) is 0 Å². The van der Waals surface area contributed by atoms with Gasteiger partial charge in [-0.3, -0.25) is 4.79 Å². The molecule has 0 radical (unpaired) electrons. The SMILES string of the molecule is CCN1c2cc(Cl)c(/C=N/NC(=O)c3cc4cc(Br)ccc4o3)cc2C(C)CC1(C)C. The van der Waals surface area contributed by atoms with Crippen LogP contribution in [0.1, 0.15) is 61.7 Å². The van der Waals surface area contributed by atoms with Gasteiger partial charge in [-0.2, -0.15) is 5.10 Å². The minimum atomic E-state index is -0.412. The van der Waals surface area contributed by atoms with Crippen molar-refractivity contribution in [1.29, 1.82) is 0 Å². The molecule has 3 aromatic rings. The van der Waals surface area contributed by atoms with Crippen LogP contribution in [0.25, 0.3) is 11.0 Å². The van der Waals surface area contributed by atoms with Crippen LogP contribution in [0.3, 0.4) is 0 Å². The fraction of sp³-hybridized carbons (Fsp3) is 0.333. The number of anilines is 1. The van der Waals surface area contributed by atoms with Crippen LogP contribution in [0.2, 0.25) is 5.02 Å². The van der Waals surface area contributed by atoms with Crippen LogP contribution >= 0.6 is 27.5 Å². The summed E-state index contributed by atoms with van der Waals surface area (Å²) >= 11 is 9.99. The van der Waals surface area contributed by atoms with Crippen LogP contribution in [0.5, 0.6) is 0 Å². The third-order valence-electron chi connectivity index (χ3n) is 5.89. The lowest BCUT2D eigenvalue weighted by molar-refractivity contribution is 0.0929. The van der Waals surface area contributed by atoms with Crippen molar-refractivity contribution in [3.63, 3.8) is 0 Å². The molecule has 0 fully saturated rings. The number of hydrogen-bond acceptors (Lipinski definition) is 4. The number of hydrogen-bond donors (Lipinski definition) is 1. The zero-order chi connectivity index (χ0) is 22.3. The summed E-state index contributed by atoms with van der Waals surface area (Å²) in [6.45, 7) is 9.86. The van der Waals surface area contributed by atoms with Gasteiger partial charge < -0.3 is 9.32 Å². The molecule has 5 nitrogen and oxygen atoms in total. The van der Waals surface area contributed by atoms with E-state index in [1.165, 1.54) is 11.3 Å². The molecule has 0 saturated carbocycles. The molecule has 1 amide bonds. The number of carbonyl (C=O) groups excluding carboxylic acids is 1. The van der Waals surface area contributed by atoms with E-state index in [9.17, 15) is 4.79 Å². The molecule has 0 bridgehead atoms. The van der Waals surface area contributed by atoms with E-state index < -0.39 is 5.91 Å². The molecule has 1 unspecified atom stereocenters. The number of amides is 1. The van der Waals surface area contributed by atoms with E-state index in [0.717, 1.165) is 28.4 Å². The first-order valence-corrected chi connectivity index (χ1v) is 11.5. The van der Waals surface area contributed by atoms with E-state index in [1.807, 2.05) is 24.3 Å². The van der Waals surface area contributed by atoms with Crippen LogP contribution in [0.4, 0.5) is 5.69 Å². The average molecular weight is 503 g/mol. The Bertz CT molecular complexity index is 1190. The summed E-state index contributed by atoms with van der Waals surface area (Å²) in [6, 6.07) is 11.4. The van der Waals surface area contributed by atoms with Crippen LogP contribution in [0.15, 0.2) is 50.4 Å². The standard InChI is InChI=1S/C24H25BrClN3O2/c1-5-29-20-11-19(26)16(9-18(20)14(2)12-24(29,3)4)13-27-28-23(30)22-10-15-8-17(25)6-7-21(15)31-22/h6-11,13-14H,5,12H2,1-4H3,(H,28,30)/b27-13+. The summed E-state index contributed by atoms with van der Waals surface area (Å²) in [6.07, 6.45) is 2.65. The number of carbonyl (C=O) groups is 1. The molecule has 0 aliphatic carbocycles. The molecule has 31 heavy (non-hydrogen) atoms. The van der Waals surface area contributed by atoms with Gasteiger partial charge in [-0.25, -0.2) is 5.43 Å². The first kappa shape index (κ1) is 21.9. The van der Waals surface area contributed by atoms with Crippen molar-refractivity contribution < 1.29 is 9.21 Å². The minimum Gasteiger partial charge on any atom is -0.451 e. The van der Waals surface area contributed by atoms with Gasteiger partial charge in [-0.15, -0.1) is 0 Å². The number of nitrogens with zero attached hydrogens (tertiary/aromatic N) is 2. The van der Waals surface area contributed by atoms with E-state index in [2.05, 4.69) is 65.1 Å². The predicted molar refractivity (Wildman–Crippen MR) is 131 cm³/mol. The van der Waals surface area contributed by atoms with Crippen LogP contribution < -0.4 is 10.3 Å². The number of fused-ring (bicyclic) bond motifs is 2. The Hall–Kier alpha value is -2.31. The molecular weight excluding hydrogens is 478 g/mol. The van der Waals surface area contributed by atoms with Crippen LogP contribution in [-0.4, -0.2) is 24.2 Å². The van der Waals surface area contributed by atoms with Crippen LogP contribution in [0, 0.1) is 0 Å². The number of halogens is 2. The van der Waals surface area contributed by atoms with E-state index >= 15 is 0 Å². The monoisotopic (exact) mass is 501 g/mol. The van der Waals surface area contributed by atoms with Crippen molar-refractivity contribution in [2.75, 3.05) is 11.4 Å². The summed E-state index contributed by atoms with van der Waals surface area (Å²) in [5, 5.41) is 5.57. The van der Waals surface area contributed by atoms with Gasteiger partial charge in [0, 0.05) is 33.2 Å². The molecule has 1 N–H and O–H groups in total. The van der Waals surface area contributed by atoms with E-state index in [-0.39, 0.29) is 11.3 Å². The van der Waals surface area contributed by atoms with Gasteiger partial charge in [-0.05, 0) is 75.1 Å². The maximum atomic E-state index is 12.4. The Morgan fingerprint density at radius 3 is 2.87 bits per heavy atom. The zero-order valence-corrected chi connectivity index (χ0v) is 20.3.